The van der Waals surface area contributed by atoms with Crippen LogP contribution in [0.4, 0.5) is 0 Å². The number of hydrogen-bond acceptors (Lipinski definition) is 5. The van der Waals surface area contributed by atoms with Crippen LogP contribution in [0, 0.1) is 0 Å². The molecular formula is C15H26N4OS. The quantitative estimate of drug-likeness (QED) is 0.498. The Morgan fingerprint density at radius 1 is 1.48 bits per heavy atom. The fourth-order valence-corrected chi connectivity index (χ4v) is 3.49. The van der Waals surface area contributed by atoms with Crippen LogP contribution in [-0.2, 0) is 17.9 Å². The van der Waals surface area contributed by atoms with Gasteiger partial charge in [-0.05, 0) is 33.1 Å². The molecule has 1 saturated heterocycles. The van der Waals surface area contributed by atoms with Gasteiger partial charge in [0.05, 0.1) is 17.2 Å². The minimum Gasteiger partial charge on any atom is -0.388 e. The minimum atomic E-state index is 0.391. The van der Waals surface area contributed by atoms with E-state index in [1.807, 2.05) is 5.38 Å². The fraction of sp³-hybridized carbons (Fsp3) is 0.733. The molecule has 0 amide bonds. The summed E-state index contributed by atoms with van der Waals surface area (Å²) in [5, 5.41) is 7.17. The average molecular weight is 310 g/mol. The number of aryl methyl sites for hydroxylation is 1. The highest BCUT2D eigenvalue weighted by Crippen LogP contribution is 2.21. The first kappa shape index (κ1) is 16.2. The van der Waals surface area contributed by atoms with E-state index in [9.17, 15) is 0 Å². The molecule has 1 aromatic rings. The zero-order valence-corrected chi connectivity index (χ0v) is 14.0. The molecule has 0 spiro atoms. The van der Waals surface area contributed by atoms with E-state index in [1.165, 1.54) is 19.3 Å². The molecule has 0 aromatic carbocycles. The van der Waals surface area contributed by atoms with Crippen molar-refractivity contribution in [2.24, 2.45) is 10.9 Å². The Kier molecular flexibility index (Phi) is 5.99. The third kappa shape index (κ3) is 4.68. The molecule has 21 heavy (non-hydrogen) atoms. The minimum absolute atomic E-state index is 0.391. The predicted octanol–water partition coefficient (Wildman–Crippen LogP) is 2.76. The molecule has 2 heterocycles. The molecule has 6 heteroatoms. The molecule has 0 radical (unpaired) electrons. The highest BCUT2D eigenvalue weighted by Gasteiger charge is 2.25. The Bertz CT molecular complexity index is 464. The molecule has 1 aliphatic rings. The summed E-state index contributed by atoms with van der Waals surface area (Å²) in [5.41, 5.74) is 6.91. The van der Waals surface area contributed by atoms with Gasteiger partial charge in [0.15, 0.2) is 12.4 Å². The Morgan fingerprint density at radius 2 is 2.19 bits per heavy atom. The van der Waals surface area contributed by atoms with Crippen LogP contribution in [0.15, 0.2) is 10.5 Å². The maximum atomic E-state index is 5.99. The van der Waals surface area contributed by atoms with E-state index in [2.05, 4.69) is 35.8 Å². The topological polar surface area (TPSA) is 63.7 Å². The Morgan fingerprint density at radius 3 is 2.81 bits per heavy atom. The maximum Gasteiger partial charge on any atom is 0.160 e. The molecule has 2 unspecified atom stereocenters. The van der Waals surface area contributed by atoms with Gasteiger partial charge in [0, 0.05) is 17.5 Å². The maximum absolute atomic E-state index is 5.99. The lowest BCUT2D eigenvalue weighted by Crippen LogP contribution is -2.47. The van der Waals surface area contributed by atoms with Crippen molar-refractivity contribution in [1.82, 2.24) is 9.88 Å². The van der Waals surface area contributed by atoms with Gasteiger partial charge in [0.2, 0.25) is 0 Å². The number of amidine groups is 1. The summed E-state index contributed by atoms with van der Waals surface area (Å²) in [6, 6.07) is 1.13. The van der Waals surface area contributed by atoms with Crippen LogP contribution in [0.3, 0.4) is 0 Å². The Labute approximate surface area is 131 Å². The first-order chi connectivity index (χ1) is 10.1. The van der Waals surface area contributed by atoms with Gasteiger partial charge in [-0.25, -0.2) is 4.98 Å². The number of hydrogen-bond donors (Lipinski definition) is 1. The normalized spacial score (nSPS) is 24.2. The van der Waals surface area contributed by atoms with Gasteiger partial charge in [-0.3, -0.25) is 4.90 Å². The van der Waals surface area contributed by atoms with Crippen LogP contribution < -0.4 is 5.73 Å². The summed E-state index contributed by atoms with van der Waals surface area (Å²) in [6.07, 6.45) is 4.73. The number of likely N-dealkylation sites (tertiary alicyclic amines) is 1. The molecule has 5 nitrogen and oxygen atoms in total. The summed E-state index contributed by atoms with van der Waals surface area (Å²) in [4.78, 5) is 12.2. The Hall–Kier alpha value is -1.14. The molecule has 1 aromatic heterocycles. The zero-order chi connectivity index (χ0) is 15.2. The van der Waals surface area contributed by atoms with E-state index in [0.29, 0.717) is 31.1 Å². The number of nitrogens with zero attached hydrogens (tertiary/aromatic N) is 3. The van der Waals surface area contributed by atoms with Crippen molar-refractivity contribution >= 4 is 17.2 Å². The highest BCUT2D eigenvalue weighted by molar-refractivity contribution is 7.09. The molecule has 1 aliphatic heterocycles. The number of aromatic nitrogens is 1. The number of oxime groups is 1. The van der Waals surface area contributed by atoms with Gasteiger partial charge in [0.1, 0.15) is 0 Å². The van der Waals surface area contributed by atoms with E-state index < -0.39 is 0 Å². The molecule has 118 valence electrons. The van der Waals surface area contributed by atoms with Crippen LogP contribution >= 0.6 is 11.3 Å². The first-order valence-corrected chi connectivity index (χ1v) is 8.61. The largest absolute Gasteiger partial charge is 0.388 e. The molecule has 0 aliphatic carbocycles. The lowest BCUT2D eigenvalue weighted by molar-refractivity contribution is 0.110. The van der Waals surface area contributed by atoms with Crippen LogP contribution in [0.1, 0.15) is 50.7 Å². The third-order valence-corrected chi connectivity index (χ3v) is 5.06. The summed E-state index contributed by atoms with van der Waals surface area (Å²) in [7, 11) is 0. The average Bonchev–Trinajstić information content (AvgIpc) is 2.91. The molecule has 1 fully saturated rings. The van der Waals surface area contributed by atoms with E-state index in [-0.39, 0.29) is 0 Å². The van der Waals surface area contributed by atoms with Gasteiger partial charge < -0.3 is 10.6 Å². The second kappa shape index (κ2) is 7.75. The third-order valence-electron chi connectivity index (χ3n) is 4.02. The number of rotatable bonds is 6. The van der Waals surface area contributed by atoms with Crippen molar-refractivity contribution in [3.63, 3.8) is 0 Å². The SMILES string of the molecule is CCc1nc(CON=C(N)CN2C(C)CCCC2C)cs1. The van der Waals surface area contributed by atoms with Gasteiger partial charge in [-0.2, -0.15) is 0 Å². The fourth-order valence-electron chi connectivity index (χ4n) is 2.76. The molecule has 2 N–H and O–H groups in total. The zero-order valence-electron chi connectivity index (χ0n) is 13.2. The summed E-state index contributed by atoms with van der Waals surface area (Å²) in [6.45, 7) is 7.68. The molecule has 2 atom stereocenters. The van der Waals surface area contributed by atoms with E-state index in [4.69, 9.17) is 10.6 Å². The monoisotopic (exact) mass is 310 g/mol. The van der Waals surface area contributed by atoms with Crippen LogP contribution in [-0.4, -0.2) is 34.3 Å². The highest BCUT2D eigenvalue weighted by atomic mass is 32.1. The number of thiazole rings is 1. The van der Waals surface area contributed by atoms with Crippen molar-refractivity contribution in [1.29, 1.82) is 0 Å². The van der Waals surface area contributed by atoms with Crippen molar-refractivity contribution < 1.29 is 4.84 Å². The van der Waals surface area contributed by atoms with Gasteiger partial charge in [0.25, 0.3) is 0 Å². The molecular weight excluding hydrogens is 284 g/mol. The van der Waals surface area contributed by atoms with Crippen molar-refractivity contribution in [2.45, 2.75) is 65.1 Å². The van der Waals surface area contributed by atoms with Crippen LogP contribution in [0.25, 0.3) is 0 Å². The summed E-state index contributed by atoms with van der Waals surface area (Å²) in [5.74, 6) is 0.543. The van der Waals surface area contributed by atoms with E-state index in [1.54, 1.807) is 11.3 Å². The predicted molar refractivity (Wildman–Crippen MR) is 87.4 cm³/mol. The summed E-state index contributed by atoms with van der Waals surface area (Å²) < 4.78 is 0. The number of piperidine rings is 1. The van der Waals surface area contributed by atoms with Crippen molar-refractivity contribution in [2.75, 3.05) is 6.54 Å². The van der Waals surface area contributed by atoms with Gasteiger partial charge >= 0.3 is 0 Å². The van der Waals surface area contributed by atoms with Crippen LogP contribution in [0.5, 0.6) is 0 Å². The van der Waals surface area contributed by atoms with Crippen LogP contribution in [0.2, 0.25) is 0 Å². The molecule has 0 bridgehead atoms. The van der Waals surface area contributed by atoms with E-state index >= 15 is 0 Å². The standard InChI is InChI=1S/C15H26N4OS/c1-4-15-17-13(10-21-15)9-20-18-14(16)8-19-11(2)6-5-7-12(19)3/h10-12H,4-9H2,1-3H3,(H2,16,18). The van der Waals surface area contributed by atoms with Crippen molar-refractivity contribution in [3.05, 3.63) is 16.1 Å². The molecule has 0 saturated carbocycles. The summed E-state index contributed by atoms with van der Waals surface area (Å²) >= 11 is 1.66. The van der Waals surface area contributed by atoms with E-state index in [0.717, 1.165) is 17.1 Å². The Balaban J connectivity index is 1.80. The lowest BCUT2D eigenvalue weighted by Gasteiger charge is -2.38. The first-order valence-electron chi connectivity index (χ1n) is 7.73. The lowest BCUT2D eigenvalue weighted by atomic mass is 9.97. The number of nitrogens with two attached hydrogens (primary N) is 1. The van der Waals surface area contributed by atoms with Gasteiger partial charge in [-0.1, -0.05) is 18.5 Å². The molecule has 2 rings (SSSR count). The van der Waals surface area contributed by atoms with Gasteiger partial charge in [-0.15, -0.1) is 11.3 Å². The van der Waals surface area contributed by atoms with Crippen molar-refractivity contribution in [3.8, 4) is 0 Å². The second-order valence-corrected chi connectivity index (χ2v) is 6.69. The second-order valence-electron chi connectivity index (χ2n) is 5.74. The smallest absolute Gasteiger partial charge is 0.160 e.